The molecule has 0 radical (unpaired) electrons. The van der Waals surface area contributed by atoms with Crippen LogP contribution in [0.2, 0.25) is 0 Å². The number of hydrogen-bond acceptors (Lipinski definition) is 2. The third-order valence-electron chi connectivity index (χ3n) is 4.61. The molecule has 2 unspecified atom stereocenters. The zero-order valence-electron chi connectivity index (χ0n) is 13.5. The van der Waals surface area contributed by atoms with Crippen LogP contribution in [-0.2, 0) is 6.42 Å². The lowest BCUT2D eigenvalue weighted by molar-refractivity contribution is 0.158. The van der Waals surface area contributed by atoms with Crippen LogP contribution in [0.1, 0.15) is 57.1 Å². The van der Waals surface area contributed by atoms with Crippen LogP contribution in [0.3, 0.4) is 0 Å². The number of fused-ring (bicyclic) bond motifs is 1. The van der Waals surface area contributed by atoms with E-state index in [0.717, 1.165) is 6.04 Å². The van der Waals surface area contributed by atoms with Crippen LogP contribution < -0.4 is 0 Å². The van der Waals surface area contributed by atoms with Crippen LogP contribution in [0.5, 0.6) is 0 Å². The lowest BCUT2D eigenvalue weighted by atomic mass is 9.79. The molecule has 20 heavy (non-hydrogen) atoms. The van der Waals surface area contributed by atoms with Crippen LogP contribution in [0.4, 0.5) is 0 Å². The van der Waals surface area contributed by atoms with Crippen molar-refractivity contribution in [3.8, 4) is 0 Å². The fraction of sp³-hybridized carbons (Fsp3) is 0.667. The average molecular weight is 292 g/mol. The number of hydrogen-bond donors (Lipinski definition) is 0. The van der Waals surface area contributed by atoms with E-state index >= 15 is 0 Å². The molecule has 0 amide bonds. The molecule has 1 aliphatic rings. The summed E-state index contributed by atoms with van der Waals surface area (Å²) in [7, 11) is 0. The van der Waals surface area contributed by atoms with E-state index in [1.807, 2.05) is 11.8 Å². The molecular formula is C18H29NS. The first-order valence-corrected chi connectivity index (χ1v) is 9.35. The van der Waals surface area contributed by atoms with Gasteiger partial charge in [-0.3, -0.25) is 4.90 Å². The summed E-state index contributed by atoms with van der Waals surface area (Å²) in [6, 6.07) is 7.60. The average Bonchev–Trinajstić information content (AvgIpc) is 2.47. The highest BCUT2D eigenvalue weighted by Gasteiger charge is 2.31. The predicted molar refractivity (Wildman–Crippen MR) is 90.9 cm³/mol. The molecule has 0 aliphatic heterocycles. The molecule has 1 aliphatic carbocycles. The second-order valence-electron chi connectivity index (χ2n) is 5.96. The Balaban J connectivity index is 2.27. The molecule has 2 atom stereocenters. The second kappa shape index (κ2) is 7.51. The molecule has 2 rings (SSSR count). The lowest BCUT2D eigenvalue weighted by Crippen LogP contribution is -2.42. The van der Waals surface area contributed by atoms with Crippen LogP contribution in [0.25, 0.3) is 0 Å². The van der Waals surface area contributed by atoms with E-state index in [9.17, 15) is 0 Å². The highest BCUT2D eigenvalue weighted by molar-refractivity contribution is 7.98. The Hall–Kier alpha value is -0.470. The highest BCUT2D eigenvalue weighted by atomic mass is 32.2. The van der Waals surface area contributed by atoms with Crippen LogP contribution in [0.15, 0.2) is 23.1 Å². The Morgan fingerprint density at radius 1 is 1.20 bits per heavy atom. The Morgan fingerprint density at radius 3 is 2.50 bits per heavy atom. The maximum Gasteiger partial charge on any atom is 0.0165 e. The zero-order valence-corrected chi connectivity index (χ0v) is 14.3. The third kappa shape index (κ3) is 3.23. The molecule has 0 aromatic heterocycles. The fourth-order valence-electron chi connectivity index (χ4n) is 3.76. The van der Waals surface area contributed by atoms with Crippen LogP contribution >= 0.6 is 11.8 Å². The van der Waals surface area contributed by atoms with E-state index in [1.54, 1.807) is 11.1 Å². The monoisotopic (exact) mass is 291 g/mol. The summed E-state index contributed by atoms with van der Waals surface area (Å²) in [5, 5.41) is 0. The molecule has 112 valence electrons. The summed E-state index contributed by atoms with van der Waals surface area (Å²) in [4.78, 5) is 4.23. The Morgan fingerprint density at radius 2 is 1.90 bits per heavy atom. The minimum absolute atomic E-state index is 0.667. The van der Waals surface area contributed by atoms with Gasteiger partial charge in [0.05, 0.1) is 0 Å². The summed E-state index contributed by atoms with van der Waals surface area (Å²) in [6.07, 6.45) is 7.32. The molecule has 0 spiro atoms. The number of rotatable bonds is 6. The van der Waals surface area contributed by atoms with Gasteiger partial charge in [0.25, 0.3) is 0 Å². The van der Waals surface area contributed by atoms with E-state index < -0.39 is 0 Å². The van der Waals surface area contributed by atoms with Crippen molar-refractivity contribution in [1.29, 1.82) is 0 Å². The highest BCUT2D eigenvalue weighted by Crippen LogP contribution is 2.39. The van der Waals surface area contributed by atoms with Gasteiger partial charge in [-0.25, -0.2) is 0 Å². The largest absolute Gasteiger partial charge is 0.300 e. The van der Waals surface area contributed by atoms with E-state index in [1.165, 1.54) is 43.7 Å². The van der Waals surface area contributed by atoms with Crippen molar-refractivity contribution < 1.29 is 0 Å². The van der Waals surface area contributed by atoms with Crippen LogP contribution in [-0.4, -0.2) is 30.3 Å². The van der Waals surface area contributed by atoms with Gasteiger partial charge in [0.15, 0.2) is 0 Å². The summed E-state index contributed by atoms with van der Waals surface area (Å²) in [5.74, 6) is 0.667. The first kappa shape index (κ1) is 15.9. The van der Waals surface area contributed by atoms with Gasteiger partial charge in [-0.05, 0) is 68.1 Å². The quantitative estimate of drug-likeness (QED) is 0.682. The van der Waals surface area contributed by atoms with Gasteiger partial charge in [-0.1, -0.05) is 32.9 Å². The first-order chi connectivity index (χ1) is 9.72. The van der Waals surface area contributed by atoms with Gasteiger partial charge in [-0.2, -0.15) is 0 Å². The Bertz CT molecular complexity index is 409. The normalized spacial score (nSPS) is 22.1. The zero-order chi connectivity index (χ0) is 14.5. The van der Waals surface area contributed by atoms with Gasteiger partial charge in [0.2, 0.25) is 0 Å². The molecule has 0 saturated carbocycles. The fourth-order valence-corrected chi connectivity index (χ4v) is 4.52. The summed E-state index contributed by atoms with van der Waals surface area (Å²) in [6.45, 7) is 9.55. The van der Waals surface area contributed by atoms with E-state index in [0.29, 0.717) is 5.92 Å². The van der Waals surface area contributed by atoms with Gasteiger partial charge in [0.1, 0.15) is 0 Å². The Kier molecular flexibility index (Phi) is 5.98. The SMILES string of the molecule is CCCN(CCC)C1CCc2cccc(SC)c2C1C. The molecule has 0 bridgehead atoms. The van der Waals surface area contributed by atoms with E-state index in [-0.39, 0.29) is 0 Å². The topological polar surface area (TPSA) is 3.24 Å². The van der Waals surface area contributed by atoms with Crippen LogP contribution in [0, 0.1) is 0 Å². The third-order valence-corrected chi connectivity index (χ3v) is 5.40. The smallest absolute Gasteiger partial charge is 0.0165 e. The number of nitrogens with zero attached hydrogens (tertiary/aromatic N) is 1. The van der Waals surface area contributed by atoms with Gasteiger partial charge in [-0.15, -0.1) is 11.8 Å². The first-order valence-electron chi connectivity index (χ1n) is 8.12. The second-order valence-corrected chi connectivity index (χ2v) is 6.81. The van der Waals surface area contributed by atoms with Gasteiger partial charge < -0.3 is 0 Å². The summed E-state index contributed by atoms with van der Waals surface area (Å²) < 4.78 is 0. The van der Waals surface area contributed by atoms with Crippen molar-refractivity contribution in [2.45, 2.75) is 63.3 Å². The minimum Gasteiger partial charge on any atom is -0.300 e. The van der Waals surface area contributed by atoms with Crippen molar-refractivity contribution in [3.63, 3.8) is 0 Å². The number of thioether (sulfide) groups is 1. The molecule has 1 aromatic carbocycles. The molecule has 0 fully saturated rings. The number of aryl methyl sites for hydroxylation is 1. The number of benzene rings is 1. The van der Waals surface area contributed by atoms with Gasteiger partial charge in [0, 0.05) is 10.9 Å². The van der Waals surface area contributed by atoms with Crippen molar-refractivity contribution in [2.75, 3.05) is 19.3 Å². The molecule has 1 nitrogen and oxygen atoms in total. The predicted octanol–water partition coefficient (Wildman–Crippen LogP) is 4.95. The molecule has 2 heteroatoms. The van der Waals surface area contributed by atoms with E-state index in [4.69, 9.17) is 0 Å². The summed E-state index contributed by atoms with van der Waals surface area (Å²) in [5.41, 5.74) is 3.22. The van der Waals surface area contributed by atoms with E-state index in [2.05, 4.69) is 50.1 Å². The van der Waals surface area contributed by atoms with Crippen molar-refractivity contribution >= 4 is 11.8 Å². The lowest BCUT2D eigenvalue weighted by Gasteiger charge is -2.40. The molecule has 0 heterocycles. The van der Waals surface area contributed by atoms with Crippen molar-refractivity contribution in [1.82, 2.24) is 4.90 Å². The van der Waals surface area contributed by atoms with Crippen molar-refractivity contribution in [3.05, 3.63) is 29.3 Å². The summed E-state index contributed by atoms with van der Waals surface area (Å²) >= 11 is 1.91. The molecule has 1 aromatic rings. The standard InChI is InChI=1S/C18H29NS/c1-5-12-19(13-6-2)16-11-10-15-8-7-9-17(20-4)18(15)14(16)3/h7-9,14,16H,5-6,10-13H2,1-4H3. The Labute approximate surface area is 129 Å². The van der Waals surface area contributed by atoms with Gasteiger partial charge >= 0.3 is 0 Å². The molecule has 0 saturated heterocycles. The molecular weight excluding hydrogens is 262 g/mol. The van der Waals surface area contributed by atoms with Crippen molar-refractivity contribution in [2.24, 2.45) is 0 Å². The molecule has 0 N–H and O–H groups in total. The maximum absolute atomic E-state index is 2.74. The maximum atomic E-state index is 2.74. The minimum atomic E-state index is 0.667.